The molecular formula is C25H19N5O5. The van der Waals surface area contributed by atoms with E-state index in [4.69, 9.17) is 11.5 Å². The van der Waals surface area contributed by atoms with Gasteiger partial charge in [-0.2, -0.15) is 5.10 Å². The SMILES string of the molecule is NC(=O)c1nn(-c2ccc(O)cc2)c2c1C(N)(C(=O)c1ccccc1)C([N+](=O)[O-])c1ccccc1-2. The van der Waals surface area contributed by atoms with Crippen molar-refractivity contribution in [1.82, 2.24) is 9.78 Å². The highest BCUT2D eigenvalue weighted by molar-refractivity contribution is 6.09. The number of nitrogens with zero attached hydrogens (tertiary/aromatic N) is 3. The van der Waals surface area contributed by atoms with Gasteiger partial charge < -0.3 is 16.6 Å². The van der Waals surface area contributed by atoms with Crippen molar-refractivity contribution in [3.63, 3.8) is 0 Å². The molecule has 5 N–H and O–H groups in total. The minimum absolute atomic E-state index is 0.00569. The number of Topliss-reactive ketones (excluding diaryl/α,β-unsaturated/α-hetero) is 1. The third kappa shape index (κ3) is 3.19. The van der Waals surface area contributed by atoms with E-state index < -0.39 is 28.2 Å². The van der Waals surface area contributed by atoms with Gasteiger partial charge in [-0.05, 0) is 24.3 Å². The number of nitrogens with two attached hydrogens (primary N) is 2. The quantitative estimate of drug-likeness (QED) is 0.229. The summed E-state index contributed by atoms with van der Waals surface area (Å²) in [6.45, 7) is 0. The van der Waals surface area contributed by atoms with Crippen molar-refractivity contribution in [3.05, 3.63) is 111 Å². The van der Waals surface area contributed by atoms with Gasteiger partial charge in [0.1, 0.15) is 5.75 Å². The van der Waals surface area contributed by atoms with Crippen LogP contribution in [0.1, 0.15) is 38.0 Å². The maximum Gasteiger partial charge on any atom is 0.269 e. The number of hydrogen-bond donors (Lipinski definition) is 3. The number of aromatic hydroxyl groups is 1. The molecule has 4 aromatic rings. The number of rotatable bonds is 5. The lowest BCUT2D eigenvalue weighted by Gasteiger charge is -2.36. The number of carbonyl (C=O) groups excluding carboxylic acids is 2. The summed E-state index contributed by atoms with van der Waals surface area (Å²) in [7, 11) is 0. The van der Waals surface area contributed by atoms with Crippen LogP contribution in [-0.4, -0.2) is 31.5 Å². The van der Waals surface area contributed by atoms with Crippen molar-refractivity contribution in [2.75, 3.05) is 0 Å². The standard InChI is InChI=1S/C25H19N5O5/c26-24(33)20-19-21(29(28-20)15-10-12-16(31)13-11-15)17-8-4-5-9-18(17)22(30(34)35)25(19,27)23(32)14-6-2-1-3-7-14/h1-13,22,31H,27H2,(H2,26,33). The summed E-state index contributed by atoms with van der Waals surface area (Å²) in [6, 6.07) is 18.6. The lowest BCUT2D eigenvalue weighted by atomic mass is 9.68. The van der Waals surface area contributed by atoms with E-state index >= 15 is 0 Å². The highest BCUT2D eigenvalue weighted by atomic mass is 16.6. The second-order valence-corrected chi connectivity index (χ2v) is 8.20. The monoisotopic (exact) mass is 469 g/mol. The van der Waals surface area contributed by atoms with Gasteiger partial charge in [-0.1, -0.05) is 54.6 Å². The third-order valence-electron chi connectivity index (χ3n) is 6.19. The van der Waals surface area contributed by atoms with E-state index in [1.54, 1.807) is 48.5 Å². The van der Waals surface area contributed by atoms with Gasteiger partial charge in [0.05, 0.1) is 11.4 Å². The van der Waals surface area contributed by atoms with Crippen LogP contribution in [0.3, 0.4) is 0 Å². The molecule has 174 valence electrons. The Balaban J connectivity index is 1.93. The normalized spacial score (nSPS) is 18.4. The van der Waals surface area contributed by atoms with Gasteiger partial charge >= 0.3 is 0 Å². The van der Waals surface area contributed by atoms with Gasteiger partial charge in [-0.3, -0.25) is 19.7 Å². The van der Waals surface area contributed by atoms with Gasteiger partial charge in [-0.25, -0.2) is 4.68 Å². The molecule has 0 radical (unpaired) electrons. The molecule has 35 heavy (non-hydrogen) atoms. The van der Waals surface area contributed by atoms with E-state index in [9.17, 15) is 24.8 Å². The van der Waals surface area contributed by atoms with Crippen LogP contribution in [0.4, 0.5) is 0 Å². The number of benzene rings is 3. The Morgan fingerprint density at radius 3 is 2.26 bits per heavy atom. The fourth-order valence-electron chi connectivity index (χ4n) is 4.69. The third-order valence-corrected chi connectivity index (χ3v) is 6.19. The van der Waals surface area contributed by atoms with Crippen LogP contribution in [-0.2, 0) is 5.54 Å². The van der Waals surface area contributed by atoms with Crippen molar-refractivity contribution in [3.8, 4) is 22.7 Å². The summed E-state index contributed by atoms with van der Waals surface area (Å²) in [5.41, 5.74) is 11.1. The van der Waals surface area contributed by atoms with Crippen molar-refractivity contribution in [1.29, 1.82) is 0 Å². The van der Waals surface area contributed by atoms with Crippen LogP contribution in [0.25, 0.3) is 16.9 Å². The van der Waals surface area contributed by atoms with Crippen molar-refractivity contribution < 1.29 is 19.6 Å². The van der Waals surface area contributed by atoms with Crippen molar-refractivity contribution >= 4 is 11.7 Å². The molecule has 2 unspecified atom stereocenters. The lowest BCUT2D eigenvalue weighted by Crippen LogP contribution is -2.55. The zero-order chi connectivity index (χ0) is 24.9. The molecule has 1 aliphatic carbocycles. The summed E-state index contributed by atoms with van der Waals surface area (Å²) in [6.07, 6.45) is 0. The van der Waals surface area contributed by atoms with Crippen LogP contribution < -0.4 is 11.5 Å². The summed E-state index contributed by atoms with van der Waals surface area (Å²) >= 11 is 0. The predicted molar refractivity (Wildman–Crippen MR) is 126 cm³/mol. The number of ketones is 1. The van der Waals surface area contributed by atoms with Crippen LogP contribution >= 0.6 is 0 Å². The molecule has 0 fully saturated rings. The minimum atomic E-state index is -2.30. The van der Waals surface area contributed by atoms with E-state index in [0.717, 1.165) is 0 Å². The number of primary amides is 1. The summed E-state index contributed by atoms with van der Waals surface area (Å²) < 4.78 is 1.36. The van der Waals surface area contributed by atoms with Gasteiger partial charge in [0.15, 0.2) is 17.0 Å². The molecule has 0 spiro atoms. The first kappa shape index (κ1) is 22.0. The number of phenols is 1. The fraction of sp³-hybridized carbons (Fsp3) is 0.0800. The smallest absolute Gasteiger partial charge is 0.269 e. The van der Waals surface area contributed by atoms with E-state index in [0.29, 0.717) is 11.3 Å². The fourth-order valence-corrected chi connectivity index (χ4v) is 4.69. The lowest BCUT2D eigenvalue weighted by molar-refractivity contribution is -0.538. The highest BCUT2D eigenvalue weighted by Gasteiger charge is 2.60. The predicted octanol–water partition coefficient (Wildman–Crippen LogP) is 2.71. The molecule has 10 heteroatoms. The first-order valence-corrected chi connectivity index (χ1v) is 10.6. The largest absolute Gasteiger partial charge is 0.508 e. The summed E-state index contributed by atoms with van der Waals surface area (Å²) in [5, 5.41) is 26.6. The molecular weight excluding hydrogens is 450 g/mol. The molecule has 10 nitrogen and oxygen atoms in total. The molecule has 2 atom stereocenters. The minimum Gasteiger partial charge on any atom is -0.508 e. The highest BCUT2D eigenvalue weighted by Crippen LogP contribution is 2.51. The molecule has 0 saturated heterocycles. The maximum atomic E-state index is 13.9. The number of aromatic nitrogens is 2. The molecule has 1 aromatic heterocycles. The van der Waals surface area contributed by atoms with Gasteiger partial charge in [0, 0.05) is 27.2 Å². The average molecular weight is 469 g/mol. The number of fused-ring (bicyclic) bond motifs is 3. The molecule has 1 aliphatic rings. The Morgan fingerprint density at radius 1 is 1.00 bits per heavy atom. The Hall–Kier alpha value is -4.83. The number of phenolic OH excluding ortho intramolecular Hbond substituents is 1. The Labute approximate surface area is 198 Å². The zero-order valence-corrected chi connectivity index (χ0v) is 18.2. The Kier molecular flexibility index (Phi) is 4.96. The van der Waals surface area contributed by atoms with E-state index in [1.165, 1.54) is 35.0 Å². The first-order valence-electron chi connectivity index (χ1n) is 10.6. The van der Waals surface area contributed by atoms with Crippen molar-refractivity contribution in [2.45, 2.75) is 11.6 Å². The van der Waals surface area contributed by atoms with Gasteiger partial charge in [-0.15, -0.1) is 0 Å². The second-order valence-electron chi connectivity index (χ2n) is 8.20. The van der Waals surface area contributed by atoms with Crippen LogP contribution in [0.5, 0.6) is 5.75 Å². The number of carbonyl (C=O) groups is 2. The molecule has 1 amide bonds. The maximum absolute atomic E-state index is 13.9. The molecule has 5 rings (SSSR count). The molecule has 0 saturated carbocycles. The Bertz CT molecular complexity index is 1500. The number of nitro groups is 1. The zero-order valence-electron chi connectivity index (χ0n) is 18.2. The molecule has 0 aliphatic heterocycles. The van der Waals surface area contributed by atoms with Crippen molar-refractivity contribution in [2.24, 2.45) is 11.5 Å². The topological polar surface area (TPSA) is 167 Å². The van der Waals surface area contributed by atoms with E-state index in [1.807, 2.05) is 0 Å². The summed E-state index contributed by atoms with van der Waals surface area (Å²) in [4.78, 5) is 38.4. The van der Waals surface area contributed by atoms with E-state index in [-0.39, 0.29) is 33.8 Å². The van der Waals surface area contributed by atoms with E-state index in [2.05, 4.69) is 5.10 Å². The average Bonchev–Trinajstić information content (AvgIpc) is 3.27. The van der Waals surface area contributed by atoms with Gasteiger partial charge in [0.25, 0.3) is 11.9 Å². The number of amides is 1. The molecule has 3 aromatic carbocycles. The molecule has 0 bridgehead atoms. The van der Waals surface area contributed by atoms with Crippen LogP contribution in [0, 0.1) is 10.1 Å². The summed E-state index contributed by atoms with van der Waals surface area (Å²) in [5.74, 6) is -1.73. The first-order chi connectivity index (χ1) is 16.7. The van der Waals surface area contributed by atoms with Crippen LogP contribution in [0.2, 0.25) is 0 Å². The molecule has 1 heterocycles. The Morgan fingerprint density at radius 2 is 1.63 bits per heavy atom. The second kappa shape index (κ2) is 7.89. The number of hydrogen-bond acceptors (Lipinski definition) is 7. The van der Waals surface area contributed by atoms with Crippen LogP contribution in [0.15, 0.2) is 78.9 Å². The van der Waals surface area contributed by atoms with Gasteiger partial charge in [0.2, 0.25) is 0 Å².